The lowest BCUT2D eigenvalue weighted by atomic mass is 9.65. The van der Waals surface area contributed by atoms with Crippen molar-refractivity contribution in [3.63, 3.8) is 0 Å². The standard InChI is InChI=1S/C65H41NO/c1-2-17-43(18-3-1)66(44-33-36-61-55(38-44)49-22-7-6-21-48(49)52-24-10-13-28-60(52)67-61)45-32-35-51-47-20-5-4-19-46(47)50-23-8-11-26-56(50)65(58(51)39-45)57-27-12-9-25-53(57)64-54-34-31-41-16-14-15-40-29-30-42(37-59(64)65)63(54)62(40)41/h1-39,48-49H. The van der Waals surface area contributed by atoms with E-state index in [9.17, 15) is 0 Å². The van der Waals surface area contributed by atoms with E-state index < -0.39 is 5.41 Å². The largest absolute Gasteiger partial charge is 0.457 e. The molecule has 2 nitrogen and oxygen atoms in total. The van der Waals surface area contributed by atoms with Crippen LogP contribution in [0.3, 0.4) is 0 Å². The van der Waals surface area contributed by atoms with E-state index in [1.165, 1.54) is 99.1 Å². The number of benzene rings is 11. The molecule has 0 aromatic heterocycles. The third kappa shape index (κ3) is 4.99. The fourth-order valence-corrected chi connectivity index (χ4v) is 12.7. The molecule has 4 aliphatic rings. The molecule has 11 aromatic carbocycles. The van der Waals surface area contributed by atoms with Crippen molar-refractivity contribution in [3.8, 4) is 44.9 Å². The molecule has 0 fully saturated rings. The van der Waals surface area contributed by atoms with Gasteiger partial charge in [0.25, 0.3) is 0 Å². The van der Waals surface area contributed by atoms with Crippen LogP contribution in [0.1, 0.15) is 45.2 Å². The molecular formula is C65H41NO. The number of nitrogens with zero attached hydrogens (tertiary/aromatic N) is 1. The quantitative estimate of drug-likeness (QED) is 0.164. The molecule has 67 heavy (non-hydrogen) atoms. The van der Waals surface area contributed by atoms with Crippen molar-refractivity contribution in [2.45, 2.75) is 17.3 Å². The van der Waals surface area contributed by atoms with Gasteiger partial charge < -0.3 is 9.64 Å². The number of anilines is 3. The van der Waals surface area contributed by atoms with Gasteiger partial charge >= 0.3 is 0 Å². The van der Waals surface area contributed by atoms with E-state index in [0.717, 1.165) is 28.6 Å². The number of rotatable bonds is 3. The van der Waals surface area contributed by atoms with Crippen LogP contribution in [0.25, 0.3) is 65.7 Å². The zero-order chi connectivity index (χ0) is 43.8. The first-order chi connectivity index (χ1) is 33.2. The third-order valence-electron chi connectivity index (χ3n) is 15.4. The van der Waals surface area contributed by atoms with E-state index >= 15 is 0 Å². The SMILES string of the molecule is C1=CC2c3ccccc3Oc3ccc(N(c4ccccc4)c4ccc5c(c4)C4(c6ccccc6-c6ccccc6-5)c5ccccc5-c5c4cc4ccc6cccc7ccc5c4c67)cc3C2C=C1. The minimum atomic E-state index is -0.667. The van der Waals surface area contributed by atoms with Crippen molar-refractivity contribution in [3.05, 3.63) is 270 Å². The van der Waals surface area contributed by atoms with Crippen LogP contribution in [0.4, 0.5) is 17.1 Å². The molecule has 3 aliphatic carbocycles. The highest BCUT2D eigenvalue weighted by molar-refractivity contribution is 6.27. The number of ether oxygens (including phenoxy) is 1. The zero-order valence-corrected chi connectivity index (χ0v) is 36.5. The average Bonchev–Trinajstić information content (AvgIpc) is 3.53. The molecule has 1 heterocycles. The highest BCUT2D eigenvalue weighted by Gasteiger charge is 2.51. The van der Waals surface area contributed by atoms with Gasteiger partial charge in [0, 0.05) is 40.0 Å². The van der Waals surface area contributed by atoms with E-state index in [4.69, 9.17) is 4.74 Å². The molecule has 1 spiro atoms. The van der Waals surface area contributed by atoms with Crippen molar-refractivity contribution in [1.29, 1.82) is 0 Å². The Bertz CT molecular complexity index is 3920. The molecule has 2 heteroatoms. The Kier molecular flexibility index (Phi) is 7.57. The summed E-state index contributed by atoms with van der Waals surface area (Å²) in [6.07, 6.45) is 9.04. The number of allylic oxidation sites excluding steroid dienone is 4. The van der Waals surface area contributed by atoms with Crippen molar-refractivity contribution in [2.24, 2.45) is 0 Å². The van der Waals surface area contributed by atoms with Gasteiger partial charge in [0.15, 0.2) is 0 Å². The average molecular weight is 852 g/mol. The maximum Gasteiger partial charge on any atom is 0.131 e. The fraction of sp³-hybridized carbons (Fsp3) is 0.0462. The van der Waals surface area contributed by atoms with Gasteiger partial charge in [-0.05, 0) is 143 Å². The van der Waals surface area contributed by atoms with Gasteiger partial charge in [-0.15, -0.1) is 0 Å². The number of hydrogen-bond donors (Lipinski definition) is 0. The predicted molar refractivity (Wildman–Crippen MR) is 277 cm³/mol. The van der Waals surface area contributed by atoms with Crippen LogP contribution in [0.15, 0.2) is 237 Å². The van der Waals surface area contributed by atoms with Crippen molar-refractivity contribution in [2.75, 3.05) is 4.90 Å². The number of para-hydroxylation sites is 2. The molecule has 0 saturated heterocycles. The van der Waals surface area contributed by atoms with Gasteiger partial charge in [-0.3, -0.25) is 0 Å². The Morgan fingerprint density at radius 3 is 1.76 bits per heavy atom. The lowest BCUT2D eigenvalue weighted by Gasteiger charge is -2.37. The summed E-state index contributed by atoms with van der Waals surface area (Å²) < 4.78 is 6.81. The molecule has 11 aromatic rings. The fourth-order valence-electron chi connectivity index (χ4n) is 12.7. The van der Waals surface area contributed by atoms with Crippen molar-refractivity contribution >= 4 is 49.4 Å². The van der Waals surface area contributed by atoms with Gasteiger partial charge in [0.1, 0.15) is 11.5 Å². The van der Waals surface area contributed by atoms with E-state index in [1.807, 2.05) is 0 Å². The van der Waals surface area contributed by atoms with Gasteiger partial charge in [-0.1, -0.05) is 182 Å². The Labute approximate surface area is 389 Å². The smallest absolute Gasteiger partial charge is 0.131 e. The molecule has 0 radical (unpaired) electrons. The molecule has 0 N–H and O–H groups in total. The normalized spacial score (nSPS) is 17.9. The minimum Gasteiger partial charge on any atom is -0.457 e. The van der Waals surface area contributed by atoms with E-state index in [2.05, 4.69) is 242 Å². The van der Waals surface area contributed by atoms with Crippen LogP contribution in [-0.2, 0) is 5.41 Å². The van der Waals surface area contributed by atoms with Crippen LogP contribution < -0.4 is 9.64 Å². The van der Waals surface area contributed by atoms with E-state index in [0.29, 0.717) is 0 Å². The summed E-state index contributed by atoms with van der Waals surface area (Å²) in [6.45, 7) is 0. The van der Waals surface area contributed by atoms with E-state index in [-0.39, 0.29) is 11.8 Å². The van der Waals surface area contributed by atoms with Crippen molar-refractivity contribution in [1.82, 2.24) is 0 Å². The summed E-state index contributed by atoms with van der Waals surface area (Å²) in [5, 5.41) is 7.83. The second-order valence-electron chi connectivity index (χ2n) is 18.6. The summed E-state index contributed by atoms with van der Waals surface area (Å²) in [7, 11) is 0. The lowest BCUT2D eigenvalue weighted by molar-refractivity contribution is 0.478. The van der Waals surface area contributed by atoms with Gasteiger partial charge in [0.05, 0.1) is 5.41 Å². The molecule has 15 rings (SSSR count). The monoisotopic (exact) mass is 851 g/mol. The molecule has 0 bridgehead atoms. The summed E-state index contributed by atoms with van der Waals surface area (Å²) in [4.78, 5) is 2.45. The van der Waals surface area contributed by atoms with Gasteiger partial charge in [-0.25, -0.2) is 0 Å². The number of hydrogen-bond acceptors (Lipinski definition) is 2. The summed E-state index contributed by atoms with van der Waals surface area (Å²) in [5.41, 5.74) is 17.8. The second-order valence-corrected chi connectivity index (χ2v) is 18.6. The Hall–Kier alpha value is -8.46. The third-order valence-corrected chi connectivity index (χ3v) is 15.4. The molecule has 312 valence electrons. The van der Waals surface area contributed by atoms with Crippen LogP contribution in [0, 0.1) is 0 Å². The zero-order valence-electron chi connectivity index (χ0n) is 36.5. The molecule has 0 amide bonds. The van der Waals surface area contributed by atoms with E-state index in [1.54, 1.807) is 0 Å². The Morgan fingerprint density at radius 2 is 0.955 bits per heavy atom. The van der Waals surface area contributed by atoms with Crippen LogP contribution in [0.2, 0.25) is 0 Å². The molecule has 0 saturated carbocycles. The van der Waals surface area contributed by atoms with Gasteiger partial charge in [-0.2, -0.15) is 0 Å². The maximum absolute atomic E-state index is 6.81. The lowest BCUT2D eigenvalue weighted by Crippen LogP contribution is -2.29. The molecule has 1 aliphatic heterocycles. The summed E-state index contributed by atoms with van der Waals surface area (Å²) >= 11 is 0. The highest BCUT2D eigenvalue weighted by Crippen LogP contribution is 2.64. The summed E-state index contributed by atoms with van der Waals surface area (Å²) in [6, 6.07) is 79.7. The van der Waals surface area contributed by atoms with Crippen molar-refractivity contribution < 1.29 is 4.74 Å². The Balaban J connectivity index is 1.04. The van der Waals surface area contributed by atoms with Crippen LogP contribution in [-0.4, -0.2) is 0 Å². The molecule has 3 atom stereocenters. The highest BCUT2D eigenvalue weighted by atomic mass is 16.5. The Morgan fingerprint density at radius 1 is 0.358 bits per heavy atom. The van der Waals surface area contributed by atoms with Crippen LogP contribution >= 0.6 is 0 Å². The minimum absolute atomic E-state index is 0.120. The summed E-state index contributed by atoms with van der Waals surface area (Å²) in [5.74, 6) is 2.10. The van der Waals surface area contributed by atoms with Gasteiger partial charge in [0.2, 0.25) is 0 Å². The first kappa shape index (κ1) is 36.8. The maximum atomic E-state index is 6.81. The first-order valence-corrected chi connectivity index (χ1v) is 23.5. The molecule has 3 unspecified atom stereocenters. The predicted octanol–water partition coefficient (Wildman–Crippen LogP) is 17.2. The number of fused-ring (bicyclic) bond motifs is 18. The molecular weight excluding hydrogens is 811 g/mol. The topological polar surface area (TPSA) is 12.5 Å². The second kappa shape index (κ2) is 13.8. The van der Waals surface area contributed by atoms with Crippen LogP contribution in [0.5, 0.6) is 11.5 Å². The first-order valence-electron chi connectivity index (χ1n) is 23.5.